The number of nitrogens with one attached hydrogen (secondary N) is 1. The molecule has 12 heteroatoms. The van der Waals surface area contributed by atoms with Gasteiger partial charge in [-0.05, 0) is 35.5 Å². The van der Waals surface area contributed by atoms with Gasteiger partial charge in [0, 0.05) is 24.4 Å². The van der Waals surface area contributed by atoms with Crippen molar-refractivity contribution in [2.24, 2.45) is 0 Å². The maximum atomic E-state index is 13.2. The van der Waals surface area contributed by atoms with E-state index in [9.17, 15) is 9.59 Å². The number of anilines is 1. The Kier molecular flexibility index (Phi) is 6.59. The first kappa shape index (κ1) is 22.3. The molecule has 0 aliphatic carbocycles. The number of halogens is 1. The van der Waals surface area contributed by atoms with Crippen molar-refractivity contribution >= 4 is 29.1 Å². The third-order valence-electron chi connectivity index (χ3n) is 4.92. The minimum atomic E-state index is -0.406. The van der Waals surface area contributed by atoms with E-state index in [1.807, 2.05) is 0 Å². The zero-order valence-electron chi connectivity index (χ0n) is 17.9. The number of hydrogen-bond donors (Lipinski definition) is 1. The van der Waals surface area contributed by atoms with Gasteiger partial charge in [0.2, 0.25) is 5.91 Å². The second-order valence-electron chi connectivity index (χ2n) is 6.98. The Balaban J connectivity index is 1.50. The van der Waals surface area contributed by atoms with Gasteiger partial charge in [0.25, 0.3) is 5.91 Å². The van der Waals surface area contributed by atoms with E-state index in [1.165, 1.54) is 29.1 Å². The number of likely N-dealkylation sites (N-methyl/N-ethyl adjacent to an activating group) is 1. The standard InChI is InChI=1S/C21H21ClN6O5/c1-3-27(11-20(29)24-13-4-5-17-19(8-13)33-7-6-32-17)21(30)14-9-15(22)16(10-18(14)31-2)28-12-23-25-26-28/h4-5,8-10,12H,3,6-7,11H2,1-2H3,(H,24,29). The lowest BCUT2D eigenvalue weighted by Crippen LogP contribution is -2.38. The number of hydrogen-bond acceptors (Lipinski definition) is 8. The molecule has 2 heterocycles. The van der Waals surface area contributed by atoms with Gasteiger partial charge in [-0.3, -0.25) is 9.59 Å². The lowest BCUT2D eigenvalue weighted by atomic mass is 10.1. The first-order chi connectivity index (χ1) is 16.0. The summed E-state index contributed by atoms with van der Waals surface area (Å²) in [5, 5.41) is 14.0. The summed E-state index contributed by atoms with van der Waals surface area (Å²) in [5.74, 6) is 0.693. The zero-order chi connectivity index (χ0) is 23.4. The van der Waals surface area contributed by atoms with Gasteiger partial charge in [0.15, 0.2) is 11.5 Å². The summed E-state index contributed by atoms with van der Waals surface area (Å²) in [6, 6.07) is 8.16. The normalized spacial score (nSPS) is 12.2. The summed E-state index contributed by atoms with van der Waals surface area (Å²) in [7, 11) is 1.44. The predicted octanol–water partition coefficient (Wildman–Crippen LogP) is 2.20. The highest BCUT2D eigenvalue weighted by molar-refractivity contribution is 6.33. The van der Waals surface area contributed by atoms with Crippen molar-refractivity contribution in [3.8, 4) is 22.9 Å². The molecule has 0 atom stereocenters. The molecule has 11 nitrogen and oxygen atoms in total. The van der Waals surface area contributed by atoms with Crippen molar-refractivity contribution in [2.45, 2.75) is 6.92 Å². The Morgan fingerprint density at radius 2 is 2.00 bits per heavy atom. The number of benzene rings is 2. The van der Waals surface area contributed by atoms with Crippen molar-refractivity contribution in [3.05, 3.63) is 47.2 Å². The molecule has 0 bridgehead atoms. The molecule has 0 saturated carbocycles. The van der Waals surface area contributed by atoms with Crippen molar-refractivity contribution < 1.29 is 23.8 Å². The number of carbonyl (C=O) groups is 2. The lowest BCUT2D eigenvalue weighted by molar-refractivity contribution is -0.116. The van der Waals surface area contributed by atoms with Gasteiger partial charge in [-0.25, -0.2) is 0 Å². The van der Waals surface area contributed by atoms with E-state index in [4.69, 9.17) is 25.8 Å². The van der Waals surface area contributed by atoms with Crippen LogP contribution in [0.3, 0.4) is 0 Å². The van der Waals surface area contributed by atoms with Gasteiger partial charge in [-0.1, -0.05) is 11.6 Å². The van der Waals surface area contributed by atoms with Crippen LogP contribution in [0.5, 0.6) is 17.2 Å². The first-order valence-corrected chi connectivity index (χ1v) is 10.5. The van der Waals surface area contributed by atoms with Crippen LogP contribution in [0.4, 0.5) is 5.69 Å². The molecule has 172 valence electrons. The van der Waals surface area contributed by atoms with E-state index in [0.29, 0.717) is 42.6 Å². The molecule has 1 aliphatic heterocycles. The first-order valence-electron chi connectivity index (χ1n) is 10.1. The molecule has 0 fully saturated rings. The smallest absolute Gasteiger partial charge is 0.258 e. The molecule has 1 aromatic heterocycles. The molecule has 33 heavy (non-hydrogen) atoms. The van der Waals surface area contributed by atoms with Crippen LogP contribution < -0.4 is 19.5 Å². The summed E-state index contributed by atoms with van der Waals surface area (Å²) in [6.07, 6.45) is 1.38. The van der Waals surface area contributed by atoms with E-state index >= 15 is 0 Å². The van der Waals surface area contributed by atoms with E-state index in [1.54, 1.807) is 31.2 Å². The van der Waals surface area contributed by atoms with Crippen LogP contribution in [-0.4, -0.2) is 70.3 Å². The van der Waals surface area contributed by atoms with Crippen molar-refractivity contribution in [3.63, 3.8) is 0 Å². The summed E-state index contributed by atoms with van der Waals surface area (Å²) in [6.45, 7) is 2.83. The van der Waals surface area contributed by atoms with Crippen LogP contribution >= 0.6 is 11.6 Å². The van der Waals surface area contributed by atoms with Crippen LogP contribution in [0.1, 0.15) is 17.3 Å². The number of nitrogens with zero attached hydrogens (tertiary/aromatic N) is 5. The molecule has 2 amide bonds. The quantitative estimate of drug-likeness (QED) is 0.555. The van der Waals surface area contributed by atoms with Crippen LogP contribution in [0.15, 0.2) is 36.7 Å². The van der Waals surface area contributed by atoms with Crippen LogP contribution in [-0.2, 0) is 4.79 Å². The zero-order valence-corrected chi connectivity index (χ0v) is 18.7. The Morgan fingerprint density at radius 1 is 1.21 bits per heavy atom. The highest BCUT2D eigenvalue weighted by Gasteiger charge is 2.23. The number of carbonyl (C=O) groups excluding carboxylic acids is 2. The van der Waals surface area contributed by atoms with E-state index in [0.717, 1.165) is 0 Å². The Morgan fingerprint density at radius 3 is 2.70 bits per heavy atom. The minimum absolute atomic E-state index is 0.167. The number of amides is 2. The lowest BCUT2D eigenvalue weighted by Gasteiger charge is -2.22. The topological polar surface area (TPSA) is 121 Å². The molecule has 4 rings (SSSR count). The minimum Gasteiger partial charge on any atom is -0.496 e. The third kappa shape index (κ3) is 4.82. The van der Waals surface area contributed by atoms with Crippen LogP contribution in [0.25, 0.3) is 5.69 Å². The summed E-state index contributed by atoms with van der Waals surface area (Å²) < 4.78 is 17.8. The fraction of sp³-hybridized carbons (Fsp3) is 0.286. The number of tetrazole rings is 1. The highest BCUT2D eigenvalue weighted by Crippen LogP contribution is 2.33. The van der Waals surface area contributed by atoms with E-state index < -0.39 is 5.91 Å². The van der Waals surface area contributed by atoms with Crippen molar-refractivity contribution in [1.29, 1.82) is 0 Å². The monoisotopic (exact) mass is 472 g/mol. The molecule has 1 N–H and O–H groups in total. The average molecular weight is 473 g/mol. The average Bonchev–Trinajstić information content (AvgIpc) is 3.36. The largest absolute Gasteiger partial charge is 0.496 e. The fourth-order valence-corrected chi connectivity index (χ4v) is 3.57. The maximum absolute atomic E-state index is 13.2. The number of fused-ring (bicyclic) bond motifs is 1. The van der Waals surface area contributed by atoms with Crippen molar-refractivity contribution in [1.82, 2.24) is 25.1 Å². The number of aromatic nitrogens is 4. The SMILES string of the molecule is CCN(CC(=O)Nc1ccc2c(c1)OCCO2)C(=O)c1cc(Cl)c(-n2cnnn2)cc1OC. The third-order valence-corrected chi connectivity index (χ3v) is 5.23. The van der Waals surface area contributed by atoms with E-state index in [-0.39, 0.29) is 28.8 Å². The number of ether oxygens (including phenoxy) is 3. The Hall–Kier alpha value is -3.86. The van der Waals surface area contributed by atoms with Gasteiger partial charge in [-0.15, -0.1) is 5.10 Å². The number of rotatable bonds is 7. The Labute approximate surface area is 194 Å². The maximum Gasteiger partial charge on any atom is 0.258 e. The van der Waals surface area contributed by atoms with Gasteiger partial charge in [-0.2, -0.15) is 4.68 Å². The molecular weight excluding hydrogens is 452 g/mol. The summed E-state index contributed by atoms with van der Waals surface area (Å²) in [5.41, 5.74) is 1.21. The number of methoxy groups -OCH3 is 1. The van der Waals surface area contributed by atoms with Gasteiger partial charge >= 0.3 is 0 Å². The van der Waals surface area contributed by atoms with Crippen LogP contribution in [0.2, 0.25) is 5.02 Å². The molecule has 0 radical (unpaired) electrons. The summed E-state index contributed by atoms with van der Waals surface area (Å²) >= 11 is 6.37. The second kappa shape index (κ2) is 9.74. The molecule has 0 saturated heterocycles. The molecule has 3 aromatic rings. The molecule has 0 unspecified atom stereocenters. The summed E-state index contributed by atoms with van der Waals surface area (Å²) in [4.78, 5) is 27.3. The molecule has 0 spiro atoms. The molecular formula is C21H21ClN6O5. The fourth-order valence-electron chi connectivity index (χ4n) is 3.32. The van der Waals surface area contributed by atoms with Crippen molar-refractivity contribution in [2.75, 3.05) is 38.7 Å². The van der Waals surface area contributed by atoms with Crippen LogP contribution in [0, 0.1) is 0 Å². The molecule has 1 aliphatic rings. The van der Waals surface area contributed by atoms with E-state index in [2.05, 4.69) is 20.8 Å². The predicted molar refractivity (Wildman–Crippen MR) is 118 cm³/mol. The Bertz CT molecular complexity index is 1170. The second-order valence-corrected chi connectivity index (χ2v) is 7.39. The van der Waals surface area contributed by atoms with Gasteiger partial charge < -0.3 is 24.4 Å². The van der Waals surface area contributed by atoms with Gasteiger partial charge in [0.05, 0.1) is 23.4 Å². The molecule has 2 aromatic carbocycles. The van der Waals surface area contributed by atoms with Gasteiger partial charge in [0.1, 0.15) is 31.8 Å². The highest BCUT2D eigenvalue weighted by atomic mass is 35.5.